The lowest BCUT2D eigenvalue weighted by Gasteiger charge is -2.37. The molecule has 1 amide bonds. The van der Waals surface area contributed by atoms with Gasteiger partial charge in [-0.25, -0.2) is 13.4 Å². The normalized spacial score (nSPS) is 17.7. The number of rotatable bonds is 12. The molecule has 2 heterocycles. The first kappa shape index (κ1) is 29.5. The van der Waals surface area contributed by atoms with Crippen molar-refractivity contribution in [3.63, 3.8) is 0 Å². The Hall–Kier alpha value is -2.51. The zero-order valence-electron chi connectivity index (χ0n) is 23.5. The summed E-state index contributed by atoms with van der Waals surface area (Å²) in [6, 6.07) is 3.28. The summed E-state index contributed by atoms with van der Waals surface area (Å²) in [5, 5.41) is 10.8. The smallest absolute Gasteiger partial charge is 0.275 e. The van der Waals surface area contributed by atoms with E-state index in [1.54, 1.807) is 38.0 Å². The Labute approximate surface area is 230 Å². The number of piperidine rings is 1. The number of oxazole rings is 1. The highest BCUT2D eigenvalue weighted by Crippen LogP contribution is 2.36. The van der Waals surface area contributed by atoms with Crippen molar-refractivity contribution in [1.29, 1.82) is 0 Å². The van der Waals surface area contributed by atoms with E-state index in [1.807, 2.05) is 19.0 Å². The summed E-state index contributed by atoms with van der Waals surface area (Å²) in [7, 11) is 1.63. The van der Waals surface area contributed by atoms with Crippen molar-refractivity contribution < 1.29 is 32.2 Å². The molecular formula is C27H40N4O7S. The molecule has 1 aromatic heterocycles. The standard InChI is InChI=1S/C27H40N4O7S/c1-19-14-22(36-5)15-20(2)25(19)39(34,35)31(21-6-7-21)16-24-28-23(17-38-24)26(32)30-10-8-27(33,9-11-30)18-37-13-12-29(3)4/h14-15,17,21,33H,6-13,16,18H2,1-5H3. The minimum Gasteiger partial charge on any atom is -0.497 e. The molecule has 2 aliphatic rings. The van der Waals surface area contributed by atoms with Gasteiger partial charge in [0.1, 0.15) is 12.0 Å². The Morgan fingerprint density at radius 1 is 1.21 bits per heavy atom. The predicted molar refractivity (Wildman–Crippen MR) is 144 cm³/mol. The van der Waals surface area contributed by atoms with Gasteiger partial charge in [0, 0.05) is 25.7 Å². The molecule has 0 spiro atoms. The fourth-order valence-electron chi connectivity index (χ4n) is 4.88. The Balaban J connectivity index is 1.40. The number of likely N-dealkylation sites (tertiary alicyclic amines) is 1. The molecule has 1 saturated carbocycles. The Kier molecular flexibility index (Phi) is 9.01. The van der Waals surface area contributed by atoms with Gasteiger partial charge >= 0.3 is 0 Å². The second kappa shape index (κ2) is 11.9. The van der Waals surface area contributed by atoms with Gasteiger partial charge in [0.05, 0.1) is 37.4 Å². The summed E-state index contributed by atoms with van der Waals surface area (Å²) >= 11 is 0. The van der Waals surface area contributed by atoms with Gasteiger partial charge < -0.3 is 28.8 Å². The van der Waals surface area contributed by atoms with E-state index in [-0.39, 0.29) is 41.6 Å². The van der Waals surface area contributed by atoms with E-state index in [2.05, 4.69) is 4.98 Å². The number of benzene rings is 1. The van der Waals surface area contributed by atoms with Gasteiger partial charge in [-0.2, -0.15) is 4.31 Å². The van der Waals surface area contributed by atoms with E-state index in [0.717, 1.165) is 19.4 Å². The van der Waals surface area contributed by atoms with Crippen molar-refractivity contribution in [1.82, 2.24) is 19.1 Å². The summed E-state index contributed by atoms with van der Waals surface area (Å²) in [4.78, 5) is 21.4. The van der Waals surface area contributed by atoms with Crippen LogP contribution in [0.4, 0.5) is 0 Å². The minimum absolute atomic E-state index is 0.0603. The largest absolute Gasteiger partial charge is 0.497 e. The second-order valence-electron chi connectivity index (χ2n) is 10.9. The molecule has 12 heteroatoms. The number of ether oxygens (including phenoxy) is 2. The summed E-state index contributed by atoms with van der Waals surface area (Å²) in [5.74, 6) is 0.467. The van der Waals surface area contributed by atoms with Crippen molar-refractivity contribution in [3.8, 4) is 5.75 Å². The van der Waals surface area contributed by atoms with Crippen LogP contribution in [0.3, 0.4) is 0 Å². The summed E-state index contributed by atoms with van der Waals surface area (Å²) < 4.78 is 45.4. The van der Waals surface area contributed by atoms with Crippen LogP contribution in [0.5, 0.6) is 5.75 Å². The highest BCUT2D eigenvalue weighted by molar-refractivity contribution is 7.89. The maximum atomic E-state index is 13.7. The summed E-state index contributed by atoms with van der Waals surface area (Å²) in [6.45, 7) is 5.72. The predicted octanol–water partition coefficient (Wildman–Crippen LogP) is 2.20. The number of aliphatic hydroxyl groups is 1. The van der Waals surface area contributed by atoms with Crippen LogP contribution in [-0.2, 0) is 21.3 Å². The number of likely N-dealkylation sites (N-methyl/N-ethyl adjacent to an activating group) is 1. The second-order valence-corrected chi connectivity index (χ2v) is 12.7. The van der Waals surface area contributed by atoms with Crippen LogP contribution in [0.1, 0.15) is 53.2 Å². The lowest BCUT2D eigenvalue weighted by Crippen LogP contribution is -2.49. The van der Waals surface area contributed by atoms with Crippen LogP contribution >= 0.6 is 0 Å². The number of hydrogen-bond donors (Lipinski definition) is 1. The molecule has 216 valence electrons. The number of aryl methyl sites for hydroxylation is 2. The van der Waals surface area contributed by atoms with E-state index >= 15 is 0 Å². The first-order chi connectivity index (χ1) is 18.4. The van der Waals surface area contributed by atoms with Crippen LogP contribution in [0.15, 0.2) is 27.7 Å². The molecule has 39 heavy (non-hydrogen) atoms. The molecule has 4 rings (SSSR count). The Morgan fingerprint density at radius 2 is 1.85 bits per heavy atom. The third-order valence-electron chi connectivity index (χ3n) is 7.29. The number of nitrogens with zero attached hydrogens (tertiary/aromatic N) is 4. The van der Waals surface area contributed by atoms with Crippen molar-refractivity contribution in [3.05, 3.63) is 41.1 Å². The van der Waals surface area contributed by atoms with Gasteiger partial charge in [-0.05, 0) is 76.9 Å². The average molecular weight is 565 g/mol. The van der Waals surface area contributed by atoms with Gasteiger partial charge in [0.2, 0.25) is 15.9 Å². The van der Waals surface area contributed by atoms with Crippen LogP contribution in [-0.4, -0.2) is 104 Å². The number of carbonyl (C=O) groups excluding carboxylic acids is 1. The molecule has 0 radical (unpaired) electrons. The van der Waals surface area contributed by atoms with Gasteiger partial charge in [0.25, 0.3) is 5.91 Å². The maximum absolute atomic E-state index is 13.7. The molecule has 1 N–H and O–H groups in total. The van der Waals surface area contributed by atoms with Crippen LogP contribution in [0.2, 0.25) is 0 Å². The fourth-order valence-corrected chi connectivity index (χ4v) is 6.93. The highest BCUT2D eigenvalue weighted by atomic mass is 32.2. The van der Waals surface area contributed by atoms with E-state index in [4.69, 9.17) is 13.9 Å². The third-order valence-corrected chi connectivity index (χ3v) is 9.49. The molecule has 1 saturated heterocycles. The van der Waals surface area contributed by atoms with Gasteiger partial charge in [-0.3, -0.25) is 4.79 Å². The molecule has 1 aliphatic heterocycles. The molecule has 0 unspecified atom stereocenters. The zero-order chi connectivity index (χ0) is 28.4. The zero-order valence-corrected chi connectivity index (χ0v) is 24.3. The van der Waals surface area contributed by atoms with Crippen LogP contribution < -0.4 is 4.74 Å². The number of methoxy groups -OCH3 is 1. The lowest BCUT2D eigenvalue weighted by atomic mass is 9.92. The lowest BCUT2D eigenvalue weighted by molar-refractivity contribution is -0.0785. The summed E-state index contributed by atoms with van der Waals surface area (Å²) in [5.41, 5.74) is 0.375. The average Bonchev–Trinajstić information content (AvgIpc) is 3.61. The highest BCUT2D eigenvalue weighted by Gasteiger charge is 2.41. The molecule has 2 aromatic rings. The van der Waals surface area contributed by atoms with E-state index < -0.39 is 15.6 Å². The molecule has 11 nitrogen and oxygen atoms in total. The van der Waals surface area contributed by atoms with Crippen molar-refractivity contribution >= 4 is 15.9 Å². The molecule has 1 aliphatic carbocycles. The van der Waals surface area contributed by atoms with Crippen molar-refractivity contribution in [2.75, 3.05) is 54.1 Å². The first-order valence-electron chi connectivity index (χ1n) is 13.3. The van der Waals surface area contributed by atoms with E-state index in [0.29, 0.717) is 49.4 Å². The first-order valence-corrected chi connectivity index (χ1v) is 14.7. The topological polar surface area (TPSA) is 126 Å². The van der Waals surface area contributed by atoms with Crippen LogP contribution in [0, 0.1) is 13.8 Å². The van der Waals surface area contributed by atoms with Gasteiger partial charge in [0.15, 0.2) is 5.69 Å². The van der Waals surface area contributed by atoms with Crippen LogP contribution in [0.25, 0.3) is 0 Å². The Bertz CT molecular complexity index is 1240. The molecule has 1 aromatic carbocycles. The van der Waals surface area contributed by atoms with Gasteiger partial charge in [-0.15, -0.1) is 0 Å². The molecular weight excluding hydrogens is 524 g/mol. The van der Waals surface area contributed by atoms with Crippen molar-refractivity contribution in [2.24, 2.45) is 0 Å². The monoisotopic (exact) mass is 564 g/mol. The Morgan fingerprint density at radius 3 is 2.41 bits per heavy atom. The number of amides is 1. The molecule has 0 bridgehead atoms. The SMILES string of the molecule is COc1cc(C)c(S(=O)(=O)N(Cc2nc(C(=O)N3CCC(O)(COCCN(C)C)CC3)co2)C2CC2)c(C)c1. The number of hydrogen-bond acceptors (Lipinski definition) is 9. The van der Waals surface area contributed by atoms with Crippen molar-refractivity contribution in [2.45, 2.75) is 62.6 Å². The van der Waals surface area contributed by atoms with E-state index in [1.165, 1.54) is 10.6 Å². The van der Waals surface area contributed by atoms with E-state index in [9.17, 15) is 18.3 Å². The number of sulfonamides is 1. The molecule has 2 fully saturated rings. The summed E-state index contributed by atoms with van der Waals surface area (Å²) in [6.07, 6.45) is 3.61. The van der Waals surface area contributed by atoms with Gasteiger partial charge in [-0.1, -0.05) is 0 Å². The quantitative estimate of drug-likeness (QED) is 0.386. The number of carbonyl (C=O) groups is 1. The molecule has 0 atom stereocenters. The minimum atomic E-state index is -3.84. The maximum Gasteiger partial charge on any atom is 0.275 e. The third kappa shape index (κ3) is 6.98. The number of aromatic nitrogens is 1. The fraction of sp³-hybridized carbons (Fsp3) is 0.630.